The first kappa shape index (κ1) is 11.4. The first-order valence-electron chi connectivity index (χ1n) is 5.04. The number of aryl methyl sites for hydroxylation is 1. The fraction of sp³-hybridized carbons (Fsp3) is 0.167. The van der Waals surface area contributed by atoms with Crippen LogP contribution in [0.3, 0.4) is 0 Å². The predicted octanol–water partition coefficient (Wildman–Crippen LogP) is 2.35. The summed E-state index contributed by atoms with van der Waals surface area (Å²) in [6, 6.07) is 4.87. The molecule has 0 aliphatic carbocycles. The third kappa shape index (κ3) is 2.38. The van der Waals surface area contributed by atoms with Gasteiger partial charge in [0.05, 0.1) is 0 Å². The van der Waals surface area contributed by atoms with Crippen molar-refractivity contribution in [2.24, 2.45) is 0 Å². The topological polar surface area (TPSA) is 34.9 Å². The van der Waals surface area contributed by atoms with Crippen LogP contribution in [0.1, 0.15) is 16.1 Å². The van der Waals surface area contributed by atoms with Gasteiger partial charge in [-0.25, -0.2) is 8.78 Å². The monoisotopic (exact) mass is 236 g/mol. The Labute approximate surface area is 96.7 Å². The summed E-state index contributed by atoms with van der Waals surface area (Å²) in [7, 11) is 0. The number of carbonyl (C=O) groups is 1. The second-order valence-corrected chi connectivity index (χ2v) is 3.68. The smallest absolute Gasteiger partial charge is 0.184 e. The molecule has 1 aromatic heterocycles. The Balaban J connectivity index is 2.20. The predicted molar refractivity (Wildman–Crippen MR) is 57.7 cm³/mol. The Hall–Kier alpha value is -2.04. The second-order valence-electron chi connectivity index (χ2n) is 3.68. The molecule has 0 radical (unpaired) electrons. The van der Waals surface area contributed by atoms with E-state index in [1.807, 2.05) is 6.92 Å². The van der Waals surface area contributed by atoms with Crippen molar-refractivity contribution in [2.45, 2.75) is 13.5 Å². The van der Waals surface area contributed by atoms with E-state index in [0.29, 0.717) is 0 Å². The molecule has 1 heterocycles. The average molecular weight is 236 g/mol. The van der Waals surface area contributed by atoms with Gasteiger partial charge in [0.2, 0.25) is 0 Å². The summed E-state index contributed by atoms with van der Waals surface area (Å²) in [5, 5.41) is 3.95. The summed E-state index contributed by atoms with van der Waals surface area (Å²) < 4.78 is 27.2. The minimum absolute atomic E-state index is 0.0178. The third-order valence-electron chi connectivity index (χ3n) is 2.46. The van der Waals surface area contributed by atoms with E-state index >= 15 is 0 Å². The van der Waals surface area contributed by atoms with Gasteiger partial charge in [0.15, 0.2) is 17.4 Å². The van der Waals surface area contributed by atoms with E-state index in [4.69, 9.17) is 0 Å². The number of halogens is 2. The molecule has 0 atom stereocenters. The molecule has 17 heavy (non-hydrogen) atoms. The molecule has 0 bridgehead atoms. The lowest BCUT2D eigenvalue weighted by atomic mass is 10.1. The number of carbonyl (C=O) groups excluding carboxylic acids is 1. The Bertz CT molecular complexity index is 563. The molecule has 0 unspecified atom stereocenters. The maximum absolute atomic E-state index is 12.9. The molecule has 2 aromatic rings. The minimum atomic E-state index is -1.02. The van der Waals surface area contributed by atoms with Gasteiger partial charge in [-0.1, -0.05) is 0 Å². The lowest BCUT2D eigenvalue weighted by molar-refractivity contribution is 0.0966. The number of hydrogen-bond donors (Lipinski definition) is 0. The lowest BCUT2D eigenvalue weighted by Gasteiger charge is -2.04. The Morgan fingerprint density at radius 3 is 2.65 bits per heavy atom. The molecule has 0 aliphatic heterocycles. The highest BCUT2D eigenvalue weighted by molar-refractivity contribution is 5.95. The summed E-state index contributed by atoms with van der Waals surface area (Å²) in [5.41, 5.74) is 0.972. The zero-order valence-electron chi connectivity index (χ0n) is 9.15. The maximum Gasteiger partial charge on any atom is 0.184 e. The van der Waals surface area contributed by atoms with Crippen LogP contribution in [0.2, 0.25) is 0 Å². The second kappa shape index (κ2) is 4.45. The van der Waals surface area contributed by atoms with Crippen LogP contribution in [-0.2, 0) is 6.54 Å². The zero-order chi connectivity index (χ0) is 12.4. The number of aromatic nitrogens is 2. The van der Waals surface area contributed by atoms with Crippen molar-refractivity contribution >= 4 is 5.78 Å². The van der Waals surface area contributed by atoms with Crippen molar-refractivity contribution in [3.63, 3.8) is 0 Å². The van der Waals surface area contributed by atoms with E-state index in [1.165, 1.54) is 10.7 Å². The molecule has 1 aromatic carbocycles. The van der Waals surface area contributed by atoms with Crippen molar-refractivity contribution in [2.75, 3.05) is 0 Å². The van der Waals surface area contributed by atoms with Crippen LogP contribution >= 0.6 is 0 Å². The Morgan fingerprint density at radius 2 is 2.06 bits per heavy atom. The van der Waals surface area contributed by atoms with Crippen LogP contribution in [0.25, 0.3) is 0 Å². The zero-order valence-corrected chi connectivity index (χ0v) is 9.15. The quantitative estimate of drug-likeness (QED) is 0.767. The number of nitrogens with zero attached hydrogens (tertiary/aromatic N) is 2. The van der Waals surface area contributed by atoms with Crippen LogP contribution in [-0.4, -0.2) is 15.6 Å². The average Bonchev–Trinajstić information content (AvgIpc) is 2.68. The van der Waals surface area contributed by atoms with E-state index in [9.17, 15) is 13.6 Å². The standard InChI is InChI=1S/C12H10F2N2O/c1-8-4-5-15-16(8)7-12(17)9-2-3-10(13)11(14)6-9/h2-6H,7H2,1H3. The van der Waals surface area contributed by atoms with Crippen molar-refractivity contribution in [3.05, 3.63) is 53.4 Å². The maximum atomic E-state index is 12.9. The highest BCUT2D eigenvalue weighted by Gasteiger charge is 2.11. The van der Waals surface area contributed by atoms with Gasteiger partial charge in [0.25, 0.3) is 0 Å². The highest BCUT2D eigenvalue weighted by atomic mass is 19.2. The molecule has 3 nitrogen and oxygen atoms in total. The first-order valence-corrected chi connectivity index (χ1v) is 5.04. The molecular formula is C12H10F2N2O. The van der Waals surface area contributed by atoms with Gasteiger partial charge < -0.3 is 0 Å². The highest BCUT2D eigenvalue weighted by Crippen LogP contribution is 2.10. The van der Waals surface area contributed by atoms with Crippen molar-refractivity contribution in [1.82, 2.24) is 9.78 Å². The molecule has 0 saturated heterocycles. The molecule has 0 fully saturated rings. The Kier molecular flexibility index (Phi) is 2.99. The van der Waals surface area contributed by atoms with E-state index in [-0.39, 0.29) is 17.9 Å². The fourth-order valence-corrected chi connectivity index (χ4v) is 1.46. The van der Waals surface area contributed by atoms with Crippen molar-refractivity contribution < 1.29 is 13.6 Å². The number of ketones is 1. The SMILES string of the molecule is Cc1ccnn1CC(=O)c1ccc(F)c(F)c1. The van der Waals surface area contributed by atoms with Crippen molar-refractivity contribution in [1.29, 1.82) is 0 Å². The molecule has 5 heteroatoms. The van der Waals surface area contributed by atoms with Crippen molar-refractivity contribution in [3.8, 4) is 0 Å². The summed E-state index contributed by atoms with van der Waals surface area (Å²) in [4.78, 5) is 11.8. The molecule has 0 aliphatic rings. The molecule has 0 N–H and O–H groups in total. The Morgan fingerprint density at radius 1 is 1.29 bits per heavy atom. The van der Waals surface area contributed by atoms with Gasteiger partial charge >= 0.3 is 0 Å². The van der Waals surface area contributed by atoms with E-state index in [1.54, 1.807) is 12.3 Å². The van der Waals surface area contributed by atoms with E-state index in [2.05, 4.69) is 5.10 Å². The molecule has 0 spiro atoms. The molecule has 0 amide bonds. The lowest BCUT2D eigenvalue weighted by Crippen LogP contribution is -2.13. The third-order valence-corrected chi connectivity index (χ3v) is 2.46. The van der Waals surface area contributed by atoms with Crippen LogP contribution < -0.4 is 0 Å². The molecule has 88 valence electrons. The molecular weight excluding hydrogens is 226 g/mol. The number of hydrogen-bond acceptors (Lipinski definition) is 2. The van der Waals surface area contributed by atoms with Crippen LogP contribution in [0, 0.1) is 18.6 Å². The van der Waals surface area contributed by atoms with Gasteiger partial charge in [-0.05, 0) is 31.2 Å². The van der Waals surface area contributed by atoms with Gasteiger partial charge in [-0.2, -0.15) is 5.10 Å². The van der Waals surface area contributed by atoms with Crippen LogP contribution in [0.15, 0.2) is 30.5 Å². The molecule has 0 saturated carbocycles. The normalized spacial score (nSPS) is 10.5. The van der Waals surface area contributed by atoms with Gasteiger partial charge in [-0.15, -0.1) is 0 Å². The van der Waals surface area contributed by atoms with E-state index < -0.39 is 11.6 Å². The van der Waals surface area contributed by atoms with Gasteiger partial charge in [0.1, 0.15) is 6.54 Å². The van der Waals surface area contributed by atoms with Gasteiger partial charge in [-0.3, -0.25) is 9.48 Å². The summed E-state index contributed by atoms with van der Waals surface area (Å²) >= 11 is 0. The largest absolute Gasteiger partial charge is 0.292 e. The number of Topliss-reactive ketones (excluding diaryl/α,β-unsaturated/α-hetero) is 1. The van der Waals surface area contributed by atoms with E-state index in [0.717, 1.165) is 17.8 Å². The number of rotatable bonds is 3. The minimum Gasteiger partial charge on any atom is -0.292 e. The van der Waals surface area contributed by atoms with Crippen LogP contribution in [0.5, 0.6) is 0 Å². The first-order chi connectivity index (χ1) is 8.08. The number of benzene rings is 1. The summed E-state index contributed by atoms with van der Waals surface area (Å²) in [6.45, 7) is 1.83. The van der Waals surface area contributed by atoms with Crippen LogP contribution in [0.4, 0.5) is 8.78 Å². The van der Waals surface area contributed by atoms with Gasteiger partial charge in [0, 0.05) is 17.5 Å². The summed E-state index contributed by atoms with van der Waals surface area (Å²) in [6.07, 6.45) is 1.58. The molecule has 2 rings (SSSR count). The summed E-state index contributed by atoms with van der Waals surface area (Å²) in [5.74, 6) is -2.29. The fourth-order valence-electron chi connectivity index (χ4n) is 1.46.